The Balaban J connectivity index is 1.54. The number of piperidine rings is 1. The summed E-state index contributed by atoms with van der Waals surface area (Å²) in [5, 5.41) is 9.41. The first-order valence-corrected chi connectivity index (χ1v) is 11.2. The quantitative estimate of drug-likeness (QED) is 0.510. The predicted octanol–water partition coefficient (Wildman–Crippen LogP) is 3.17. The molecule has 1 saturated carbocycles. The molecule has 27 heavy (non-hydrogen) atoms. The molecule has 1 aliphatic carbocycles. The third kappa shape index (κ3) is 8.50. The lowest BCUT2D eigenvalue weighted by molar-refractivity contribution is -0.134. The van der Waals surface area contributed by atoms with Gasteiger partial charge in [0.05, 0.1) is 0 Å². The maximum atomic E-state index is 12.6. The maximum absolute atomic E-state index is 12.6. The number of nitrogens with zero attached hydrogens (tertiary/aromatic N) is 1. The summed E-state index contributed by atoms with van der Waals surface area (Å²) in [4.78, 5) is 26.6. The van der Waals surface area contributed by atoms with Crippen LogP contribution in [0.3, 0.4) is 0 Å². The number of nitrogens with one attached hydrogen (secondary N) is 3. The summed E-state index contributed by atoms with van der Waals surface area (Å²) in [6.07, 6.45) is 12.6. The Bertz CT molecular complexity index is 432. The molecule has 3 N–H and O–H groups in total. The van der Waals surface area contributed by atoms with Gasteiger partial charge in [-0.1, -0.05) is 32.6 Å². The Morgan fingerprint density at radius 2 is 1.74 bits per heavy atom. The smallest absolute Gasteiger partial charge is 0.315 e. The molecule has 0 aromatic rings. The van der Waals surface area contributed by atoms with Crippen molar-refractivity contribution in [1.29, 1.82) is 0 Å². The van der Waals surface area contributed by atoms with Crippen molar-refractivity contribution >= 4 is 11.9 Å². The zero-order valence-electron chi connectivity index (χ0n) is 17.2. The molecule has 3 amide bonds. The fraction of sp³-hybridized carbons (Fsp3) is 0.905. The van der Waals surface area contributed by atoms with Gasteiger partial charge in [-0.25, -0.2) is 4.79 Å². The summed E-state index contributed by atoms with van der Waals surface area (Å²) in [5.74, 6) is 0.312. The first kappa shape index (κ1) is 22.0. The molecule has 0 aromatic heterocycles. The summed E-state index contributed by atoms with van der Waals surface area (Å²) in [6.45, 7) is 5.76. The highest BCUT2D eigenvalue weighted by Gasteiger charge is 2.24. The fourth-order valence-electron chi connectivity index (χ4n) is 4.28. The van der Waals surface area contributed by atoms with E-state index in [0.717, 1.165) is 71.0 Å². The molecule has 0 unspecified atom stereocenters. The minimum Gasteiger partial charge on any atom is -0.340 e. The van der Waals surface area contributed by atoms with E-state index in [0.29, 0.717) is 31.0 Å². The van der Waals surface area contributed by atoms with Crippen LogP contribution in [0, 0.1) is 0 Å². The normalized spacial score (nSPS) is 18.9. The highest BCUT2D eigenvalue weighted by molar-refractivity contribution is 5.76. The Morgan fingerprint density at radius 1 is 1.00 bits per heavy atom. The van der Waals surface area contributed by atoms with Crippen molar-refractivity contribution < 1.29 is 9.59 Å². The summed E-state index contributed by atoms with van der Waals surface area (Å²) in [6, 6.07) is 0.748. The molecule has 6 nitrogen and oxygen atoms in total. The summed E-state index contributed by atoms with van der Waals surface area (Å²) in [7, 11) is 0. The van der Waals surface area contributed by atoms with Gasteiger partial charge in [0.1, 0.15) is 0 Å². The Kier molecular flexibility index (Phi) is 10.6. The largest absolute Gasteiger partial charge is 0.340 e. The lowest BCUT2D eigenvalue weighted by Gasteiger charge is -2.34. The van der Waals surface area contributed by atoms with Crippen molar-refractivity contribution in [3.05, 3.63) is 0 Å². The van der Waals surface area contributed by atoms with Crippen LogP contribution in [0.1, 0.15) is 84.0 Å². The molecular weight excluding hydrogens is 340 g/mol. The van der Waals surface area contributed by atoms with Crippen LogP contribution in [-0.2, 0) is 4.79 Å². The molecule has 1 saturated heterocycles. The molecule has 1 aliphatic heterocycles. The molecule has 0 aromatic carbocycles. The van der Waals surface area contributed by atoms with Crippen LogP contribution < -0.4 is 16.0 Å². The summed E-state index contributed by atoms with van der Waals surface area (Å²) >= 11 is 0. The Morgan fingerprint density at radius 3 is 2.44 bits per heavy atom. The zero-order chi connectivity index (χ0) is 19.3. The van der Waals surface area contributed by atoms with Crippen molar-refractivity contribution in [2.45, 2.75) is 96.1 Å². The number of urea groups is 1. The van der Waals surface area contributed by atoms with Gasteiger partial charge in [-0.3, -0.25) is 4.79 Å². The second kappa shape index (κ2) is 13.0. The molecule has 1 heterocycles. The number of carbonyl (C=O) groups excluding carboxylic acids is 2. The van der Waals surface area contributed by atoms with Gasteiger partial charge < -0.3 is 20.9 Å². The third-order valence-electron chi connectivity index (χ3n) is 5.83. The first-order chi connectivity index (χ1) is 13.2. The number of hydrogen-bond donors (Lipinski definition) is 3. The lowest BCUT2D eigenvalue weighted by atomic mass is 9.96. The van der Waals surface area contributed by atoms with E-state index in [1.54, 1.807) is 0 Å². The fourth-order valence-corrected chi connectivity index (χ4v) is 4.28. The second-order valence-corrected chi connectivity index (χ2v) is 8.11. The predicted molar refractivity (Wildman–Crippen MR) is 110 cm³/mol. The highest BCUT2D eigenvalue weighted by atomic mass is 16.2. The van der Waals surface area contributed by atoms with Crippen LogP contribution in [0.15, 0.2) is 0 Å². The van der Waals surface area contributed by atoms with E-state index in [9.17, 15) is 9.59 Å². The molecule has 2 rings (SSSR count). The average Bonchev–Trinajstić information content (AvgIpc) is 2.70. The molecule has 6 heteroatoms. The standard InChI is InChI=1S/C21H40N4O2/c1-2-17-25(19-12-15-22-16-13-19)20(26)11-7-4-8-14-23-21(27)24-18-9-5-3-6-10-18/h18-19,22H,2-17H2,1H3,(H2,23,24,27). The van der Waals surface area contributed by atoms with Crippen LogP contribution >= 0.6 is 0 Å². The molecular formula is C21H40N4O2. The van der Waals surface area contributed by atoms with E-state index in [1.807, 2.05) is 0 Å². The number of carbonyl (C=O) groups is 2. The topological polar surface area (TPSA) is 73.5 Å². The van der Waals surface area contributed by atoms with Crippen molar-refractivity contribution in [2.75, 3.05) is 26.2 Å². The van der Waals surface area contributed by atoms with Gasteiger partial charge in [0.25, 0.3) is 0 Å². The molecule has 156 valence electrons. The van der Waals surface area contributed by atoms with Crippen molar-refractivity contribution in [3.8, 4) is 0 Å². The third-order valence-corrected chi connectivity index (χ3v) is 5.83. The van der Waals surface area contributed by atoms with E-state index >= 15 is 0 Å². The van der Waals surface area contributed by atoms with Gasteiger partial charge in [-0.05, 0) is 58.0 Å². The number of amides is 3. The number of rotatable bonds is 10. The van der Waals surface area contributed by atoms with Gasteiger partial charge in [-0.15, -0.1) is 0 Å². The molecule has 2 fully saturated rings. The Hall–Kier alpha value is -1.30. The monoisotopic (exact) mass is 380 g/mol. The summed E-state index contributed by atoms with van der Waals surface area (Å²) in [5.41, 5.74) is 0. The van der Waals surface area contributed by atoms with E-state index in [-0.39, 0.29) is 6.03 Å². The van der Waals surface area contributed by atoms with Crippen LogP contribution in [-0.4, -0.2) is 55.1 Å². The summed E-state index contributed by atoms with van der Waals surface area (Å²) < 4.78 is 0. The SMILES string of the molecule is CCCN(C(=O)CCCCCNC(=O)NC1CCCCC1)C1CCNCC1. The van der Waals surface area contributed by atoms with Crippen molar-refractivity contribution in [1.82, 2.24) is 20.9 Å². The van der Waals surface area contributed by atoms with Crippen LogP contribution in [0.2, 0.25) is 0 Å². The minimum absolute atomic E-state index is 0.0296. The van der Waals surface area contributed by atoms with Gasteiger partial charge in [0.2, 0.25) is 5.91 Å². The van der Waals surface area contributed by atoms with Crippen LogP contribution in [0.5, 0.6) is 0 Å². The van der Waals surface area contributed by atoms with Crippen LogP contribution in [0.25, 0.3) is 0 Å². The number of unbranched alkanes of at least 4 members (excludes halogenated alkanes) is 2. The van der Waals surface area contributed by atoms with Gasteiger partial charge in [0, 0.05) is 31.6 Å². The van der Waals surface area contributed by atoms with E-state index in [4.69, 9.17) is 0 Å². The maximum Gasteiger partial charge on any atom is 0.315 e. The van der Waals surface area contributed by atoms with Crippen molar-refractivity contribution in [3.63, 3.8) is 0 Å². The minimum atomic E-state index is -0.0296. The van der Waals surface area contributed by atoms with E-state index in [2.05, 4.69) is 27.8 Å². The first-order valence-electron chi connectivity index (χ1n) is 11.2. The molecule has 2 aliphatic rings. The van der Waals surface area contributed by atoms with E-state index < -0.39 is 0 Å². The zero-order valence-corrected chi connectivity index (χ0v) is 17.2. The average molecular weight is 381 g/mol. The van der Waals surface area contributed by atoms with Crippen LogP contribution in [0.4, 0.5) is 4.79 Å². The molecule has 0 atom stereocenters. The highest BCUT2D eigenvalue weighted by Crippen LogP contribution is 2.17. The van der Waals surface area contributed by atoms with E-state index in [1.165, 1.54) is 19.3 Å². The van der Waals surface area contributed by atoms with Gasteiger partial charge >= 0.3 is 6.03 Å². The second-order valence-electron chi connectivity index (χ2n) is 8.11. The van der Waals surface area contributed by atoms with Crippen molar-refractivity contribution in [2.24, 2.45) is 0 Å². The number of hydrogen-bond acceptors (Lipinski definition) is 3. The van der Waals surface area contributed by atoms with Gasteiger partial charge in [0.15, 0.2) is 0 Å². The lowest BCUT2D eigenvalue weighted by Crippen LogP contribution is -2.46. The molecule has 0 radical (unpaired) electrons. The Labute approximate surface area is 165 Å². The van der Waals surface area contributed by atoms with Gasteiger partial charge in [-0.2, -0.15) is 0 Å². The molecule has 0 spiro atoms. The molecule has 0 bridgehead atoms.